The molecule has 4 heteroatoms. The Labute approximate surface area is 81.9 Å². The van der Waals surface area contributed by atoms with Gasteiger partial charge >= 0.3 is 0 Å². The largest absolute Gasteiger partial charge is 0.465 e. The van der Waals surface area contributed by atoms with Crippen LogP contribution in [0.1, 0.15) is 20.3 Å². The molecule has 2 unspecified atom stereocenters. The Balaban J connectivity index is 2.34. The average molecular weight is 204 g/mol. The minimum atomic E-state index is -2.76. The third-order valence-electron chi connectivity index (χ3n) is 3.05. The predicted octanol–water partition coefficient (Wildman–Crippen LogP) is 2.56. The average Bonchev–Trinajstić information content (AvgIpc) is 2.12. The van der Waals surface area contributed by atoms with Crippen molar-refractivity contribution in [2.24, 2.45) is 11.8 Å². The SMILES string of the molecule is CC1CCOC2=C1C(C)C(F)(F)CO2. The van der Waals surface area contributed by atoms with Crippen molar-refractivity contribution in [1.82, 2.24) is 0 Å². The molecule has 2 aliphatic rings. The van der Waals surface area contributed by atoms with Crippen LogP contribution >= 0.6 is 0 Å². The quantitative estimate of drug-likeness (QED) is 0.603. The van der Waals surface area contributed by atoms with E-state index in [9.17, 15) is 8.78 Å². The zero-order chi connectivity index (χ0) is 10.3. The van der Waals surface area contributed by atoms with Crippen molar-refractivity contribution in [2.45, 2.75) is 26.2 Å². The molecule has 0 bridgehead atoms. The van der Waals surface area contributed by atoms with Crippen molar-refractivity contribution in [3.8, 4) is 0 Å². The van der Waals surface area contributed by atoms with Gasteiger partial charge in [-0.1, -0.05) is 13.8 Å². The lowest BCUT2D eigenvalue weighted by Crippen LogP contribution is -2.41. The van der Waals surface area contributed by atoms with Crippen molar-refractivity contribution in [3.63, 3.8) is 0 Å². The molecule has 0 spiro atoms. The first-order valence-electron chi connectivity index (χ1n) is 4.90. The molecule has 0 amide bonds. The Morgan fingerprint density at radius 3 is 2.71 bits per heavy atom. The Kier molecular flexibility index (Phi) is 2.16. The van der Waals surface area contributed by atoms with Crippen molar-refractivity contribution in [3.05, 3.63) is 11.5 Å². The molecule has 0 fully saturated rings. The molecule has 0 aromatic carbocycles. The van der Waals surface area contributed by atoms with Gasteiger partial charge in [-0.05, 0) is 12.3 Å². The number of halogens is 2. The summed E-state index contributed by atoms with van der Waals surface area (Å²) in [6.45, 7) is 3.50. The van der Waals surface area contributed by atoms with Crippen molar-refractivity contribution in [1.29, 1.82) is 0 Å². The van der Waals surface area contributed by atoms with Crippen molar-refractivity contribution in [2.75, 3.05) is 13.2 Å². The molecule has 0 N–H and O–H groups in total. The van der Waals surface area contributed by atoms with Crippen LogP contribution < -0.4 is 0 Å². The van der Waals surface area contributed by atoms with E-state index in [1.807, 2.05) is 6.92 Å². The summed E-state index contributed by atoms with van der Waals surface area (Å²) in [5, 5.41) is 0. The summed E-state index contributed by atoms with van der Waals surface area (Å²) in [7, 11) is 0. The molecule has 0 saturated heterocycles. The van der Waals surface area contributed by atoms with Crippen LogP contribution in [0, 0.1) is 11.8 Å². The van der Waals surface area contributed by atoms with Crippen LogP contribution in [0.15, 0.2) is 11.5 Å². The number of hydrogen-bond acceptors (Lipinski definition) is 2. The summed E-state index contributed by atoms with van der Waals surface area (Å²) < 4.78 is 36.8. The topological polar surface area (TPSA) is 18.5 Å². The molecule has 0 aromatic heterocycles. The summed E-state index contributed by atoms with van der Waals surface area (Å²) >= 11 is 0. The minimum absolute atomic E-state index is 0.139. The van der Waals surface area contributed by atoms with E-state index in [1.54, 1.807) is 6.92 Å². The molecule has 80 valence electrons. The monoisotopic (exact) mass is 204 g/mol. The number of rotatable bonds is 0. The highest BCUT2D eigenvalue weighted by Crippen LogP contribution is 2.43. The molecule has 0 aliphatic carbocycles. The Bertz CT molecular complexity index is 273. The van der Waals surface area contributed by atoms with Gasteiger partial charge in [-0.2, -0.15) is 0 Å². The van der Waals surface area contributed by atoms with E-state index < -0.39 is 18.4 Å². The lowest BCUT2D eigenvalue weighted by atomic mass is 9.83. The van der Waals surface area contributed by atoms with Gasteiger partial charge in [-0.25, -0.2) is 8.78 Å². The predicted molar refractivity (Wildman–Crippen MR) is 46.8 cm³/mol. The van der Waals surface area contributed by atoms with E-state index in [1.165, 1.54) is 0 Å². The molecule has 0 aromatic rings. The second kappa shape index (κ2) is 3.11. The maximum absolute atomic E-state index is 13.3. The van der Waals surface area contributed by atoms with Gasteiger partial charge in [0.25, 0.3) is 11.9 Å². The van der Waals surface area contributed by atoms with Crippen LogP contribution in [0.4, 0.5) is 8.78 Å². The molecule has 2 atom stereocenters. The number of allylic oxidation sites excluding steroid dienone is 1. The van der Waals surface area contributed by atoms with Crippen LogP contribution in [-0.2, 0) is 9.47 Å². The minimum Gasteiger partial charge on any atom is -0.465 e. The molecular formula is C10H14F2O2. The fraction of sp³-hybridized carbons (Fsp3) is 0.800. The van der Waals surface area contributed by atoms with E-state index in [2.05, 4.69) is 0 Å². The Morgan fingerprint density at radius 1 is 1.29 bits per heavy atom. The highest BCUT2D eigenvalue weighted by Gasteiger charge is 2.47. The maximum atomic E-state index is 13.3. The summed E-state index contributed by atoms with van der Waals surface area (Å²) in [4.78, 5) is 0. The number of alkyl halides is 2. The first-order chi connectivity index (χ1) is 6.52. The highest BCUT2D eigenvalue weighted by molar-refractivity contribution is 5.18. The zero-order valence-corrected chi connectivity index (χ0v) is 8.35. The fourth-order valence-electron chi connectivity index (χ4n) is 2.01. The summed E-state index contributed by atoms with van der Waals surface area (Å²) in [6.07, 6.45) is 0.794. The molecular weight excluding hydrogens is 190 g/mol. The lowest BCUT2D eigenvalue weighted by Gasteiger charge is -2.37. The number of hydrogen-bond donors (Lipinski definition) is 0. The molecule has 0 radical (unpaired) electrons. The third-order valence-corrected chi connectivity index (χ3v) is 3.05. The number of ether oxygens (including phenoxy) is 2. The van der Waals surface area contributed by atoms with Gasteiger partial charge in [0.1, 0.15) is 0 Å². The van der Waals surface area contributed by atoms with Gasteiger partial charge in [0, 0.05) is 5.57 Å². The van der Waals surface area contributed by atoms with Crippen LogP contribution in [0.2, 0.25) is 0 Å². The van der Waals surface area contributed by atoms with Gasteiger partial charge in [0.05, 0.1) is 12.5 Å². The first kappa shape index (κ1) is 9.74. The second-order valence-corrected chi connectivity index (χ2v) is 4.05. The van der Waals surface area contributed by atoms with Crippen LogP contribution in [0.5, 0.6) is 0 Å². The van der Waals surface area contributed by atoms with Gasteiger partial charge in [-0.15, -0.1) is 0 Å². The maximum Gasteiger partial charge on any atom is 0.287 e. The molecule has 0 saturated carbocycles. The first-order valence-corrected chi connectivity index (χ1v) is 4.90. The Hall–Kier alpha value is -0.800. The summed E-state index contributed by atoms with van der Waals surface area (Å²) in [5.41, 5.74) is 0.646. The molecule has 2 aliphatic heterocycles. The zero-order valence-electron chi connectivity index (χ0n) is 8.35. The van der Waals surface area contributed by atoms with Crippen molar-refractivity contribution >= 4 is 0 Å². The van der Waals surface area contributed by atoms with E-state index >= 15 is 0 Å². The van der Waals surface area contributed by atoms with E-state index in [4.69, 9.17) is 9.47 Å². The molecule has 2 heterocycles. The molecule has 2 rings (SSSR count). The summed E-state index contributed by atoms with van der Waals surface area (Å²) in [6, 6.07) is 0. The van der Waals surface area contributed by atoms with Crippen molar-refractivity contribution < 1.29 is 18.3 Å². The molecule has 2 nitrogen and oxygen atoms in total. The third kappa shape index (κ3) is 1.37. The summed E-state index contributed by atoms with van der Waals surface area (Å²) in [5.74, 6) is -3.03. The fourth-order valence-corrected chi connectivity index (χ4v) is 2.01. The van der Waals surface area contributed by atoms with Crippen LogP contribution in [-0.4, -0.2) is 19.1 Å². The van der Waals surface area contributed by atoms with E-state index in [0.29, 0.717) is 18.1 Å². The van der Waals surface area contributed by atoms with Gasteiger partial charge in [0.15, 0.2) is 6.61 Å². The standard InChI is InChI=1S/C10H14F2O2/c1-6-3-4-13-9-8(6)7(2)10(11,12)5-14-9/h6-7H,3-5H2,1-2H3. The van der Waals surface area contributed by atoms with Crippen LogP contribution in [0.25, 0.3) is 0 Å². The molecule has 14 heavy (non-hydrogen) atoms. The lowest BCUT2D eigenvalue weighted by molar-refractivity contribution is -0.143. The second-order valence-electron chi connectivity index (χ2n) is 4.05. The van der Waals surface area contributed by atoms with E-state index in [-0.39, 0.29) is 5.92 Å². The normalized spacial score (nSPS) is 35.7. The smallest absolute Gasteiger partial charge is 0.287 e. The van der Waals surface area contributed by atoms with Gasteiger partial charge in [-0.3, -0.25) is 0 Å². The van der Waals surface area contributed by atoms with Crippen LogP contribution in [0.3, 0.4) is 0 Å². The van der Waals surface area contributed by atoms with Gasteiger partial charge in [0.2, 0.25) is 0 Å². The van der Waals surface area contributed by atoms with E-state index in [0.717, 1.165) is 6.42 Å². The highest BCUT2D eigenvalue weighted by atomic mass is 19.3. The Morgan fingerprint density at radius 2 is 2.00 bits per heavy atom. The van der Waals surface area contributed by atoms with Gasteiger partial charge < -0.3 is 9.47 Å².